The average molecular weight is 615 g/mol. The van der Waals surface area contributed by atoms with Crippen molar-refractivity contribution in [1.29, 1.82) is 0 Å². The van der Waals surface area contributed by atoms with Crippen LogP contribution in [0.15, 0.2) is 48.1 Å². The lowest BCUT2D eigenvalue weighted by Crippen LogP contribution is -2.48. The standard InChI is InChI=1S/C37H66O3Si2/c1-29(24-25-31-22-18-19-23-34(31)37(8,9)38)20-16-14-15-17-21-30-26-32(39-41(10,11)35(2,3)4)28-33(27-30)40-42(12,13)36(5,6)7/h15,17-19,21-23,29,32-33,38H,14,16,20,24-28H2,1-13H3/b17-15+,30-21-/t29-,32-,33+/m1/s1. The molecule has 1 aliphatic carbocycles. The van der Waals surface area contributed by atoms with Gasteiger partial charge in [0.05, 0.1) is 17.8 Å². The predicted octanol–water partition coefficient (Wildman–Crippen LogP) is 11.1. The van der Waals surface area contributed by atoms with E-state index in [1.807, 2.05) is 19.9 Å². The number of benzene rings is 1. The van der Waals surface area contributed by atoms with Crippen molar-refractivity contribution in [3.63, 3.8) is 0 Å². The molecule has 1 N–H and O–H groups in total. The van der Waals surface area contributed by atoms with Gasteiger partial charge in [-0.1, -0.05) is 103 Å². The van der Waals surface area contributed by atoms with Crippen LogP contribution in [0.4, 0.5) is 0 Å². The molecule has 0 saturated heterocycles. The molecule has 3 atom stereocenters. The predicted molar refractivity (Wildman–Crippen MR) is 188 cm³/mol. The third-order valence-electron chi connectivity index (χ3n) is 10.2. The van der Waals surface area contributed by atoms with Crippen LogP contribution in [0.3, 0.4) is 0 Å². The zero-order chi connectivity index (χ0) is 32.0. The molecule has 240 valence electrons. The van der Waals surface area contributed by atoms with Crippen LogP contribution >= 0.6 is 0 Å². The summed E-state index contributed by atoms with van der Waals surface area (Å²) in [6, 6.07) is 8.35. The summed E-state index contributed by atoms with van der Waals surface area (Å²) in [6.07, 6.45) is 16.3. The second-order valence-corrected chi connectivity index (χ2v) is 26.2. The summed E-state index contributed by atoms with van der Waals surface area (Å²) in [5, 5.41) is 10.9. The highest BCUT2D eigenvalue weighted by Crippen LogP contribution is 2.43. The van der Waals surface area contributed by atoms with Crippen LogP contribution in [0.25, 0.3) is 0 Å². The van der Waals surface area contributed by atoms with Crippen LogP contribution in [-0.2, 0) is 20.9 Å². The summed E-state index contributed by atoms with van der Waals surface area (Å²) in [5.74, 6) is 0.673. The fraction of sp³-hybridized carbons (Fsp3) is 0.730. The number of aryl methyl sites for hydroxylation is 1. The Labute approximate surface area is 262 Å². The van der Waals surface area contributed by atoms with Crippen molar-refractivity contribution in [1.82, 2.24) is 0 Å². The van der Waals surface area contributed by atoms with Gasteiger partial charge in [-0.2, -0.15) is 0 Å². The number of allylic oxidation sites excluding steroid dienone is 3. The summed E-state index contributed by atoms with van der Waals surface area (Å²) in [5.41, 5.74) is 3.03. The first kappa shape index (κ1) is 37.2. The molecule has 0 aromatic heterocycles. The molecule has 1 aromatic rings. The third-order valence-corrected chi connectivity index (χ3v) is 19.2. The van der Waals surface area contributed by atoms with Gasteiger partial charge in [0.1, 0.15) is 0 Å². The molecule has 2 rings (SSSR count). The maximum Gasteiger partial charge on any atom is 0.192 e. The summed E-state index contributed by atoms with van der Waals surface area (Å²) in [4.78, 5) is 0. The van der Waals surface area contributed by atoms with E-state index in [2.05, 4.69) is 111 Å². The first-order chi connectivity index (χ1) is 19.1. The number of rotatable bonds is 13. The smallest absolute Gasteiger partial charge is 0.192 e. The second kappa shape index (κ2) is 14.9. The summed E-state index contributed by atoms with van der Waals surface area (Å²) in [6.45, 7) is 29.6. The fourth-order valence-corrected chi connectivity index (χ4v) is 8.13. The third kappa shape index (κ3) is 11.5. The normalized spacial score (nSPS) is 21.3. The van der Waals surface area contributed by atoms with Crippen molar-refractivity contribution in [2.45, 2.75) is 168 Å². The minimum atomic E-state index is -1.85. The monoisotopic (exact) mass is 614 g/mol. The van der Waals surface area contributed by atoms with E-state index in [1.165, 1.54) is 24.0 Å². The lowest BCUT2D eigenvalue weighted by Gasteiger charge is -2.45. The molecule has 1 fully saturated rings. The molecule has 5 heteroatoms. The molecular formula is C37H66O3Si2. The number of aliphatic hydroxyl groups is 1. The van der Waals surface area contributed by atoms with Crippen LogP contribution < -0.4 is 0 Å². The Morgan fingerprint density at radius 3 is 1.88 bits per heavy atom. The molecule has 0 radical (unpaired) electrons. The van der Waals surface area contributed by atoms with E-state index in [4.69, 9.17) is 8.85 Å². The number of unbranched alkanes of at least 4 members (excludes halogenated alkanes) is 1. The Morgan fingerprint density at radius 1 is 0.857 bits per heavy atom. The van der Waals surface area contributed by atoms with Crippen LogP contribution in [0.2, 0.25) is 36.3 Å². The van der Waals surface area contributed by atoms with Crippen molar-refractivity contribution in [3.05, 3.63) is 59.2 Å². The van der Waals surface area contributed by atoms with Crippen molar-refractivity contribution in [3.8, 4) is 0 Å². The van der Waals surface area contributed by atoms with E-state index in [1.54, 1.807) is 0 Å². The Bertz CT molecular complexity index is 996. The van der Waals surface area contributed by atoms with Gasteiger partial charge in [0.2, 0.25) is 0 Å². The largest absolute Gasteiger partial charge is 0.414 e. The number of hydrogen-bond acceptors (Lipinski definition) is 3. The molecule has 1 aromatic carbocycles. The fourth-order valence-electron chi connectivity index (χ4n) is 5.40. The molecule has 1 saturated carbocycles. The molecule has 0 aliphatic heterocycles. The first-order valence-electron chi connectivity index (χ1n) is 16.6. The van der Waals surface area contributed by atoms with Crippen LogP contribution in [0.1, 0.15) is 118 Å². The Morgan fingerprint density at radius 2 is 1.38 bits per heavy atom. The van der Waals surface area contributed by atoms with Gasteiger partial charge in [-0.15, -0.1) is 0 Å². The van der Waals surface area contributed by atoms with Gasteiger partial charge in [0.25, 0.3) is 0 Å². The van der Waals surface area contributed by atoms with E-state index in [0.29, 0.717) is 5.92 Å². The lowest BCUT2D eigenvalue weighted by atomic mass is 9.88. The molecular weight excluding hydrogens is 549 g/mol. The lowest BCUT2D eigenvalue weighted by molar-refractivity contribution is 0.0725. The topological polar surface area (TPSA) is 38.7 Å². The maximum atomic E-state index is 10.5. The van der Waals surface area contributed by atoms with Crippen LogP contribution in [0.5, 0.6) is 0 Å². The van der Waals surface area contributed by atoms with Crippen LogP contribution in [-0.4, -0.2) is 33.9 Å². The van der Waals surface area contributed by atoms with E-state index < -0.39 is 22.2 Å². The quantitative estimate of drug-likeness (QED) is 0.177. The molecule has 3 nitrogen and oxygen atoms in total. The van der Waals surface area contributed by atoms with Crippen molar-refractivity contribution < 1.29 is 14.0 Å². The van der Waals surface area contributed by atoms with Crippen LogP contribution in [0, 0.1) is 5.92 Å². The van der Waals surface area contributed by atoms with E-state index >= 15 is 0 Å². The van der Waals surface area contributed by atoms with Gasteiger partial charge in [-0.3, -0.25) is 0 Å². The minimum absolute atomic E-state index is 0.208. The highest BCUT2D eigenvalue weighted by atomic mass is 28.4. The van der Waals surface area contributed by atoms with Gasteiger partial charge in [-0.25, -0.2) is 0 Å². The average Bonchev–Trinajstić information content (AvgIpc) is 2.82. The summed E-state index contributed by atoms with van der Waals surface area (Å²) >= 11 is 0. The van der Waals surface area contributed by atoms with E-state index in [9.17, 15) is 5.11 Å². The Balaban J connectivity index is 1.96. The van der Waals surface area contributed by atoms with Gasteiger partial charge in [0, 0.05) is 0 Å². The zero-order valence-corrected chi connectivity index (χ0v) is 31.7. The molecule has 0 spiro atoms. The van der Waals surface area contributed by atoms with Crippen molar-refractivity contribution in [2.24, 2.45) is 5.92 Å². The molecule has 0 bridgehead atoms. The van der Waals surface area contributed by atoms with Gasteiger partial charge in [0.15, 0.2) is 16.6 Å². The van der Waals surface area contributed by atoms with Crippen molar-refractivity contribution >= 4 is 16.6 Å². The molecule has 0 heterocycles. The zero-order valence-electron chi connectivity index (χ0n) is 29.7. The molecule has 1 aliphatic rings. The second-order valence-electron chi connectivity index (χ2n) is 16.7. The van der Waals surface area contributed by atoms with Crippen molar-refractivity contribution in [2.75, 3.05) is 0 Å². The molecule has 42 heavy (non-hydrogen) atoms. The van der Waals surface area contributed by atoms with E-state index in [0.717, 1.165) is 44.1 Å². The Hall–Kier alpha value is -0.986. The van der Waals surface area contributed by atoms with E-state index in [-0.39, 0.29) is 22.3 Å². The SMILES string of the molecule is C[C@H](CCC/C=C/C=C1/C[C@@H](O[Si](C)(C)C(C)(C)C)C[C@@H](O[Si](C)(C)C(C)(C)C)C1)CCc1ccccc1C(C)(C)O. The van der Waals surface area contributed by atoms with Gasteiger partial charge >= 0.3 is 0 Å². The number of hydrogen-bond donors (Lipinski definition) is 1. The maximum absolute atomic E-state index is 10.5. The molecule has 0 amide bonds. The first-order valence-corrected chi connectivity index (χ1v) is 22.4. The van der Waals surface area contributed by atoms with Gasteiger partial charge < -0.3 is 14.0 Å². The highest BCUT2D eigenvalue weighted by molar-refractivity contribution is 6.74. The Kier molecular flexibility index (Phi) is 13.2. The molecule has 0 unspecified atom stereocenters. The summed E-state index contributed by atoms with van der Waals surface area (Å²) < 4.78 is 13.9. The highest BCUT2D eigenvalue weighted by Gasteiger charge is 2.43. The van der Waals surface area contributed by atoms with Gasteiger partial charge in [-0.05, 0) is 112 Å². The summed E-state index contributed by atoms with van der Waals surface area (Å²) in [7, 11) is -3.70. The minimum Gasteiger partial charge on any atom is -0.414 e.